The molecule has 0 spiro atoms. The highest BCUT2D eigenvalue weighted by Crippen LogP contribution is 2.32. The standard InChI is InChI=1S/C14H14N2O5/c1-15-11(14(17)18)8-21-13-7-6-12(16(19)20)9-4-2-3-5-10(9)13/h2-7,11,15H,8H2,1H3,(H,17,18). The smallest absolute Gasteiger partial charge is 0.324 e. The van der Waals surface area contributed by atoms with Crippen molar-refractivity contribution in [1.82, 2.24) is 5.32 Å². The van der Waals surface area contributed by atoms with Crippen molar-refractivity contribution in [2.45, 2.75) is 6.04 Å². The van der Waals surface area contributed by atoms with Crippen molar-refractivity contribution >= 4 is 22.4 Å². The van der Waals surface area contributed by atoms with Crippen LogP contribution in [0.3, 0.4) is 0 Å². The highest BCUT2D eigenvalue weighted by atomic mass is 16.6. The zero-order valence-corrected chi connectivity index (χ0v) is 11.3. The molecule has 0 aliphatic carbocycles. The zero-order valence-electron chi connectivity index (χ0n) is 11.3. The first-order valence-corrected chi connectivity index (χ1v) is 6.23. The lowest BCUT2D eigenvalue weighted by Gasteiger charge is -2.14. The third-order valence-electron chi connectivity index (χ3n) is 3.11. The van der Waals surface area contributed by atoms with E-state index in [1.807, 2.05) is 0 Å². The first-order valence-electron chi connectivity index (χ1n) is 6.23. The molecule has 2 aromatic rings. The minimum Gasteiger partial charge on any atom is -0.491 e. The lowest BCUT2D eigenvalue weighted by molar-refractivity contribution is -0.383. The minimum absolute atomic E-state index is 0.0126. The van der Waals surface area contributed by atoms with Crippen LogP contribution in [-0.4, -0.2) is 35.7 Å². The van der Waals surface area contributed by atoms with Crippen LogP contribution in [0.5, 0.6) is 5.75 Å². The largest absolute Gasteiger partial charge is 0.491 e. The molecule has 0 aliphatic heterocycles. The van der Waals surface area contributed by atoms with Gasteiger partial charge in [0.05, 0.1) is 10.3 Å². The Morgan fingerprint density at radius 3 is 2.57 bits per heavy atom. The molecule has 0 amide bonds. The van der Waals surface area contributed by atoms with Gasteiger partial charge in [0.25, 0.3) is 5.69 Å². The van der Waals surface area contributed by atoms with Crippen molar-refractivity contribution < 1.29 is 19.6 Å². The Bertz CT molecular complexity index is 686. The van der Waals surface area contributed by atoms with Crippen LogP contribution in [-0.2, 0) is 4.79 Å². The number of hydrogen-bond donors (Lipinski definition) is 2. The monoisotopic (exact) mass is 290 g/mol. The molecular formula is C14H14N2O5. The summed E-state index contributed by atoms with van der Waals surface area (Å²) in [7, 11) is 1.52. The summed E-state index contributed by atoms with van der Waals surface area (Å²) in [5.41, 5.74) is -0.0126. The van der Waals surface area contributed by atoms with Gasteiger partial charge in [-0.1, -0.05) is 18.2 Å². The van der Waals surface area contributed by atoms with Gasteiger partial charge < -0.3 is 15.2 Å². The number of aliphatic carboxylic acids is 1. The maximum absolute atomic E-state index is 11.0. The Labute approximate surface area is 120 Å². The average Bonchev–Trinajstić information content (AvgIpc) is 2.47. The molecule has 0 fully saturated rings. The van der Waals surface area contributed by atoms with E-state index < -0.39 is 16.9 Å². The number of nitro benzene ring substituents is 1. The van der Waals surface area contributed by atoms with E-state index >= 15 is 0 Å². The molecule has 110 valence electrons. The molecule has 7 heteroatoms. The molecule has 0 aromatic heterocycles. The topological polar surface area (TPSA) is 102 Å². The Morgan fingerprint density at radius 2 is 2.00 bits per heavy atom. The number of carboxylic acids is 1. The fourth-order valence-corrected chi connectivity index (χ4v) is 1.99. The summed E-state index contributed by atoms with van der Waals surface area (Å²) in [6.07, 6.45) is 0. The second kappa shape index (κ2) is 6.19. The Morgan fingerprint density at radius 1 is 1.33 bits per heavy atom. The van der Waals surface area contributed by atoms with Gasteiger partial charge in [0.15, 0.2) is 0 Å². The summed E-state index contributed by atoms with van der Waals surface area (Å²) in [5.74, 6) is -0.610. The van der Waals surface area contributed by atoms with E-state index in [0.717, 1.165) is 0 Å². The van der Waals surface area contributed by atoms with Crippen LogP contribution in [0.15, 0.2) is 36.4 Å². The summed E-state index contributed by atoms with van der Waals surface area (Å²) < 4.78 is 5.50. The number of non-ortho nitro benzene ring substituents is 1. The van der Waals surface area contributed by atoms with Gasteiger partial charge in [-0.3, -0.25) is 14.9 Å². The molecule has 0 bridgehead atoms. The van der Waals surface area contributed by atoms with E-state index in [1.165, 1.54) is 19.2 Å². The third kappa shape index (κ3) is 3.09. The summed E-state index contributed by atoms with van der Waals surface area (Å²) >= 11 is 0. The fraction of sp³-hybridized carbons (Fsp3) is 0.214. The highest BCUT2D eigenvalue weighted by Gasteiger charge is 2.18. The second-order valence-electron chi connectivity index (χ2n) is 4.38. The number of benzene rings is 2. The zero-order chi connectivity index (χ0) is 15.4. The number of rotatable bonds is 6. The van der Waals surface area contributed by atoms with Crippen LogP contribution < -0.4 is 10.1 Å². The Kier molecular flexibility index (Phi) is 4.34. The van der Waals surface area contributed by atoms with Gasteiger partial charge in [0.1, 0.15) is 18.4 Å². The number of nitro groups is 1. The number of ether oxygens (including phenoxy) is 1. The maximum atomic E-state index is 11.0. The first kappa shape index (κ1) is 14.7. The van der Waals surface area contributed by atoms with Gasteiger partial charge in [-0.2, -0.15) is 0 Å². The van der Waals surface area contributed by atoms with Gasteiger partial charge in [-0.05, 0) is 19.2 Å². The van der Waals surface area contributed by atoms with Crippen LogP contribution in [0.4, 0.5) is 5.69 Å². The number of carboxylic acid groups (broad SMARTS) is 1. The molecule has 2 aromatic carbocycles. The van der Waals surface area contributed by atoms with Crippen molar-refractivity contribution in [3.05, 3.63) is 46.5 Å². The Balaban J connectivity index is 2.35. The molecular weight excluding hydrogens is 276 g/mol. The molecule has 1 atom stereocenters. The van der Waals surface area contributed by atoms with E-state index in [2.05, 4.69) is 5.32 Å². The molecule has 2 N–H and O–H groups in total. The van der Waals surface area contributed by atoms with Gasteiger partial charge >= 0.3 is 5.97 Å². The SMILES string of the molecule is CNC(COc1ccc([N+](=O)[O-])c2ccccc12)C(=O)O. The van der Waals surface area contributed by atoms with Gasteiger partial charge in [0, 0.05) is 11.5 Å². The number of hydrogen-bond acceptors (Lipinski definition) is 5. The van der Waals surface area contributed by atoms with E-state index in [1.54, 1.807) is 24.3 Å². The van der Waals surface area contributed by atoms with Gasteiger partial charge in [-0.15, -0.1) is 0 Å². The number of likely N-dealkylation sites (N-methyl/N-ethyl adjacent to an activating group) is 1. The van der Waals surface area contributed by atoms with Crippen molar-refractivity contribution in [1.29, 1.82) is 0 Å². The van der Waals surface area contributed by atoms with E-state index in [4.69, 9.17) is 9.84 Å². The number of nitrogens with zero attached hydrogens (tertiary/aromatic N) is 1. The first-order chi connectivity index (χ1) is 10.0. The molecule has 0 heterocycles. The van der Waals surface area contributed by atoms with Gasteiger partial charge in [0.2, 0.25) is 0 Å². The van der Waals surface area contributed by atoms with Crippen molar-refractivity contribution in [3.63, 3.8) is 0 Å². The number of nitrogens with one attached hydrogen (secondary N) is 1. The predicted octanol–water partition coefficient (Wildman–Crippen LogP) is 1.80. The van der Waals surface area contributed by atoms with Crippen LogP contribution in [0.1, 0.15) is 0 Å². The summed E-state index contributed by atoms with van der Waals surface area (Å²) in [6, 6.07) is 8.76. The van der Waals surface area contributed by atoms with Gasteiger partial charge in [-0.25, -0.2) is 0 Å². The number of carbonyl (C=O) groups is 1. The van der Waals surface area contributed by atoms with Crippen molar-refractivity contribution in [3.8, 4) is 5.75 Å². The highest BCUT2D eigenvalue weighted by molar-refractivity contribution is 5.95. The summed E-state index contributed by atoms with van der Waals surface area (Å²) in [4.78, 5) is 21.5. The predicted molar refractivity (Wildman–Crippen MR) is 76.6 cm³/mol. The fourth-order valence-electron chi connectivity index (χ4n) is 1.99. The van der Waals surface area contributed by atoms with Crippen molar-refractivity contribution in [2.75, 3.05) is 13.7 Å². The Hall–Kier alpha value is -2.67. The molecule has 1 unspecified atom stereocenters. The molecule has 0 saturated carbocycles. The van der Waals surface area contributed by atoms with E-state index in [9.17, 15) is 14.9 Å². The molecule has 0 aliphatic rings. The molecule has 7 nitrogen and oxygen atoms in total. The van der Waals surface area contributed by atoms with Crippen LogP contribution in [0.25, 0.3) is 10.8 Å². The molecule has 2 rings (SSSR count). The van der Waals surface area contributed by atoms with Crippen molar-refractivity contribution in [2.24, 2.45) is 0 Å². The van der Waals surface area contributed by atoms with Crippen LogP contribution in [0.2, 0.25) is 0 Å². The summed E-state index contributed by atoms with van der Waals surface area (Å²) in [6.45, 7) is -0.0758. The average molecular weight is 290 g/mol. The van der Waals surface area contributed by atoms with E-state index in [0.29, 0.717) is 16.5 Å². The second-order valence-corrected chi connectivity index (χ2v) is 4.38. The summed E-state index contributed by atoms with van der Waals surface area (Å²) in [5, 5.41) is 23.6. The minimum atomic E-state index is -1.02. The lowest BCUT2D eigenvalue weighted by atomic mass is 10.1. The molecule has 0 saturated heterocycles. The van der Waals surface area contributed by atoms with E-state index in [-0.39, 0.29) is 12.3 Å². The lowest BCUT2D eigenvalue weighted by Crippen LogP contribution is -2.39. The number of fused-ring (bicyclic) bond motifs is 1. The maximum Gasteiger partial charge on any atom is 0.324 e. The third-order valence-corrected chi connectivity index (χ3v) is 3.11. The normalized spacial score (nSPS) is 12.0. The van der Waals surface area contributed by atoms with Crippen LogP contribution >= 0.6 is 0 Å². The molecule has 21 heavy (non-hydrogen) atoms. The van der Waals surface area contributed by atoms with Crippen LogP contribution in [0, 0.1) is 10.1 Å². The molecule has 0 radical (unpaired) electrons. The quantitative estimate of drug-likeness (QED) is 0.621.